The van der Waals surface area contributed by atoms with E-state index >= 15 is 0 Å². The van der Waals surface area contributed by atoms with Crippen LogP contribution in [0.15, 0.2) is 65.6 Å². The van der Waals surface area contributed by atoms with E-state index in [9.17, 15) is 18.3 Å². The van der Waals surface area contributed by atoms with Gasteiger partial charge in [0.15, 0.2) is 0 Å². The molecule has 1 amide bonds. The van der Waals surface area contributed by atoms with Gasteiger partial charge in [-0.15, -0.1) is 0 Å². The van der Waals surface area contributed by atoms with Crippen molar-refractivity contribution in [2.45, 2.75) is 36.1 Å². The quantitative estimate of drug-likeness (QED) is 0.473. The first-order chi connectivity index (χ1) is 15.3. The molecule has 32 heavy (non-hydrogen) atoms. The topological polar surface area (TPSA) is 114 Å². The van der Waals surface area contributed by atoms with Crippen molar-refractivity contribution in [3.63, 3.8) is 0 Å². The highest BCUT2D eigenvalue weighted by Gasteiger charge is 2.31. The maximum absolute atomic E-state index is 12.7. The van der Waals surface area contributed by atoms with Gasteiger partial charge in [-0.2, -0.15) is 0 Å². The minimum absolute atomic E-state index is 0.0330. The fourth-order valence-corrected chi connectivity index (χ4v) is 4.56. The second-order valence-electron chi connectivity index (χ2n) is 7.21. The van der Waals surface area contributed by atoms with Gasteiger partial charge >= 0.3 is 0 Å². The normalized spacial score (nSPS) is 20.7. The second-order valence-corrected chi connectivity index (χ2v) is 9.36. The number of carbonyl (C=O) groups excluding carboxylic acids is 1. The van der Waals surface area contributed by atoms with Crippen LogP contribution >= 0.6 is 11.6 Å². The van der Waals surface area contributed by atoms with Crippen LogP contribution in [0.3, 0.4) is 0 Å². The van der Waals surface area contributed by atoms with E-state index in [1.165, 1.54) is 19.2 Å². The van der Waals surface area contributed by atoms with Crippen molar-refractivity contribution in [2.24, 2.45) is 0 Å². The smallest absolute Gasteiger partial charge is 0.241 e. The number of rotatable bonds is 9. The predicted octanol–water partition coefficient (Wildman–Crippen LogP) is 2.02. The van der Waals surface area contributed by atoms with Crippen LogP contribution in [0.4, 0.5) is 0 Å². The zero-order chi connectivity index (χ0) is 23.1. The van der Waals surface area contributed by atoms with Gasteiger partial charge in [-0.1, -0.05) is 42.0 Å². The second kappa shape index (κ2) is 10.9. The first-order valence-corrected chi connectivity index (χ1v) is 11.8. The maximum atomic E-state index is 12.7. The first kappa shape index (κ1) is 24.2. The van der Waals surface area contributed by atoms with E-state index in [2.05, 4.69) is 10.0 Å². The van der Waals surface area contributed by atoms with Crippen LogP contribution in [0, 0.1) is 0 Å². The number of aliphatic hydroxyl groups excluding tert-OH is 1. The number of methoxy groups -OCH3 is 1. The summed E-state index contributed by atoms with van der Waals surface area (Å²) in [4.78, 5) is 12.3. The average molecular weight is 481 g/mol. The van der Waals surface area contributed by atoms with Gasteiger partial charge in [0.1, 0.15) is 11.9 Å². The molecular formula is C22H25ClN2O6S. The summed E-state index contributed by atoms with van der Waals surface area (Å²) >= 11 is 5.85. The van der Waals surface area contributed by atoms with Crippen molar-refractivity contribution < 1.29 is 27.8 Å². The molecule has 0 aromatic heterocycles. The highest BCUT2D eigenvalue weighted by molar-refractivity contribution is 7.89. The Morgan fingerprint density at radius 2 is 1.94 bits per heavy atom. The molecule has 2 aromatic rings. The average Bonchev–Trinajstić information content (AvgIpc) is 2.79. The zero-order valence-electron chi connectivity index (χ0n) is 17.4. The Morgan fingerprint density at radius 3 is 2.62 bits per heavy atom. The number of nitrogens with one attached hydrogen (secondary N) is 2. The van der Waals surface area contributed by atoms with E-state index in [1.54, 1.807) is 36.4 Å². The Kier molecular flexibility index (Phi) is 8.27. The summed E-state index contributed by atoms with van der Waals surface area (Å²) < 4.78 is 38.8. The third-order valence-corrected chi connectivity index (χ3v) is 6.60. The van der Waals surface area contributed by atoms with Gasteiger partial charge in [0.05, 0.1) is 37.2 Å². The predicted molar refractivity (Wildman–Crippen MR) is 120 cm³/mol. The first-order valence-electron chi connectivity index (χ1n) is 9.93. The molecule has 0 fully saturated rings. The molecule has 1 aliphatic rings. The van der Waals surface area contributed by atoms with Crippen LogP contribution in [-0.4, -0.2) is 51.4 Å². The SMILES string of the molecule is COc1cccc(S(=O)(=O)N[C@H]2C=C[C@@H](CC(=O)NCc3ccc(Cl)cc3)O[C@H]2CO)c1. The van der Waals surface area contributed by atoms with E-state index in [1.807, 2.05) is 12.1 Å². The summed E-state index contributed by atoms with van der Waals surface area (Å²) in [6, 6.07) is 12.4. The zero-order valence-corrected chi connectivity index (χ0v) is 19.0. The summed E-state index contributed by atoms with van der Waals surface area (Å²) in [5, 5.41) is 13.1. The molecule has 1 aliphatic heterocycles. The minimum atomic E-state index is -3.88. The van der Waals surface area contributed by atoms with Gasteiger partial charge in [0, 0.05) is 17.6 Å². The van der Waals surface area contributed by atoms with Crippen LogP contribution < -0.4 is 14.8 Å². The molecule has 0 radical (unpaired) electrons. The van der Waals surface area contributed by atoms with Crippen LogP contribution in [0.1, 0.15) is 12.0 Å². The van der Waals surface area contributed by atoms with Crippen molar-refractivity contribution in [2.75, 3.05) is 13.7 Å². The number of ether oxygens (including phenoxy) is 2. The molecule has 0 spiro atoms. The van der Waals surface area contributed by atoms with Crippen molar-refractivity contribution in [3.8, 4) is 5.75 Å². The third kappa shape index (κ3) is 6.54. The Morgan fingerprint density at radius 1 is 1.19 bits per heavy atom. The highest BCUT2D eigenvalue weighted by atomic mass is 35.5. The molecule has 3 N–H and O–H groups in total. The van der Waals surface area contributed by atoms with Crippen LogP contribution in [0.5, 0.6) is 5.75 Å². The molecule has 2 aromatic carbocycles. The van der Waals surface area contributed by atoms with Crippen LogP contribution in [-0.2, 0) is 26.1 Å². The van der Waals surface area contributed by atoms with E-state index in [0.717, 1.165) is 5.56 Å². The molecule has 1 heterocycles. The van der Waals surface area contributed by atoms with E-state index < -0.39 is 34.9 Å². The van der Waals surface area contributed by atoms with Crippen molar-refractivity contribution >= 4 is 27.5 Å². The van der Waals surface area contributed by atoms with Gasteiger partial charge in [-0.25, -0.2) is 13.1 Å². The number of aliphatic hydroxyl groups is 1. The number of halogens is 1. The number of carbonyl (C=O) groups is 1. The van der Waals surface area contributed by atoms with Gasteiger partial charge in [0.2, 0.25) is 15.9 Å². The van der Waals surface area contributed by atoms with Gasteiger partial charge in [-0.05, 0) is 29.8 Å². The van der Waals surface area contributed by atoms with Crippen LogP contribution in [0.25, 0.3) is 0 Å². The number of sulfonamides is 1. The number of amides is 1. The van der Waals surface area contributed by atoms with Crippen LogP contribution in [0.2, 0.25) is 5.02 Å². The lowest BCUT2D eigenvalue weighted by atomic mass is 10.1. The van der Waals surface area contributed by atoms with Crippen molar-refractivity contribution in [1.82, 2.24) is 10.0 Å². The molecule has 0 saturated heterocycles. The highest BCUT2D eigenvalue weighted by Crippen LogP contribution is 2.21. The monoisotopic (exact) mass is 480 g/mol. The Bertz CT molecular complexity index is 1060. The standard InChI is InChI=1S/C22H25ClN2O6S/c1-30-17-3-2-4-19(11-17)32(28,29)25-20-10-9-18(31-21(20)14-26)12-22(27)24-13-15-5-7-16(23)8-6-15/h2-11,18,20-21,25-26H,12-14H2,1H3,(H,24,27)/t18-,20-,21-/m0/s1. The molecule has 0 unspecified atom stereocenters. The van der Waals surface area contributed by atoms with E-state index in [0.29, 0.717) is 17.3 Å². The summed E-state index contributed by atoms with van der Waals surface area (Å²) in [6.07, 6.45) is 1.83. The van der Waals surface area contributed by atoms with Gasteiger partial charge in [0.25, 0.3) is 0 Å². The molecule has 0 bridgehead atoms. The van der Waals surface area contributed by atoms with Crippen molar-refractivity contribution in [1.29, 1.82) is 0 Å². The molecule has 0 aliphatic carbocycles. The Labute approximate surface area is 192 Å². The number of hydrogen-bond acceptors (Lipinski definition) is 6. The fourth-order valence-electron chi connectivity index (χ4n) is 3.18. The molecule has 10 heteroatoms. The lowest BCUT2D eigenvalue weighted by Gasteiger charge is -2.31. The summed E-state index contributed by atoms with van der Waals surface area (Å²) in [5.74, 6) is 0.174. The fraction of sp³-hybridized carbons (Fsp3) is 0.318. The molecule has 3 rings (SSSR count). The lowest BCUT2D eigenvalue weighted by Crippen LogP contribution is -2.49. The van der Waals surface area contributed by atoms with E-state index in [-0.39, 0.29) is 17.2 Å². The maximum Gasteiger partial charge on any atom is 0.241 e. The number of hydrogen-bond donors (Lipinski definition) is 3. The van der Waals surface area contributed by atoms with Gasteiger partial charge < -0.3 is 19.9 Å². The minimum Gasteiger partial charge on any atom is -0.497 e. The molecule has 8 nitrogen and oxygen atoms in total. The van der Waals surface area contributed by atoms with Crippen molar-refractivity contribution in [3.05, 3.63) is 71.3 Å². The molecule has 172 valence electrons. The van der Waals surface area contributed by atoms with Gasteiger partial charge in [-0.3, -0.25) is 4.79 Å². The Balaban J connectivity index is 1.59. The Hall–Kier alpha value is -2.43. The van der Waals surface area contributed by atoms with E-state index in [4.69, 9.17) is 21.1 Å². The number of benzene rings is 2. The summed E-state index contributed by atoms with van der Waals surface area (Å²) in [5.41, 5.74) is 0.906. The summed E-state index contributed by atoms with van der Waals surface area (Å²) in [6.45, 7) is -0.0721. The summed E-state index contributed by atoms with van der Waals surface area (Å²) in [7, 11) is -2.43. The lowest BCUT2D eigenvalue weighted by molar-refractivity contribution is -0.125. The third-order valence-electron chi connectivity index (χ3n) is 4.90. The largest absolute Gasteiger partial charge is 0.497 e. The molecule has 3 atom stereocenters. The molecular weight excluding hydrogens is 456 g/mol. The molecule has 0 saturated carbocycles.